The second-order valence-corrected chi connectivity index (χ2v) is 8.83. The zero-order valence-electron chi connectivity index (χ0n) is 16.9. The molecular weight excluding hydrogens is 404 g/mol. The summed E-state index contributed by atoms with van der Waals surface area (Å²) < 4.78 is 7.25. The average molecular weight is 431 g/mol. The fourth-order valence-electron chi connectivity index (χ4n) is 2.96. The van der Waals surface area contributed by atoms with Gasteiger partial charge >= 0.3 is 0 Å². The number of methoxy groups -OCH3 is 1. The molecule has 0 aliphatic heterocycles. The Morgan fingerprint density at radius 2 is 2.00 bits per heavy atom. The Hall–Kier alpha value is -2.16. The lowest BCUT2D eigenvalue weighted by molar-refractivity contribution is -0.119. The first kappa shape index (κ1) is 21.5. The van der Waals surface area contributed by atoms with E-state index in [4.69, 9.17) is 4.74 Å². The molecule has 29 heavy (non-hydrogen) atoms. The van der Waals surface area contributed by atoms with E-state index in [-0.39, 0.29) is 17.7 Å². The van der Waals surface area contributed by atoms with Crippen LogP contribution in [0.15, 0.2) is 53.0 Å². The minimum absolute atomic E-state index is 0.00958. The third kappa shape index (κ3) is 5.68. The SMILES string of the molecule is COCCn1c(SCC(=O)NC(c2cccs2)C(C)C)nnc1-c1ccccc1. The molecule has 1 amide bonds. The number of carbonyl (C=O) groups excluding carboxylic acids is 1. The highest BCUT2D eigenvalue weighted by Gasteiger charge is 2.20. The zero-order chi connectivity index (χ0) is 20.6. The molecule has 2 aromatic heterocycles. The fraction of sp³-hybridized carbons (Fsp3) is 0.381. The van der Waals surface area contributed by atoms with Crippen molar-refractivity contribution in [2.45, 2.75) is 31.6 Å². The molecule has 1 aromatic carbocycles. The first-order chi connectivity index (χ1) is 14.1. The minimum atomic E-state index is -0.00958. The summed E-state index contributed by atoms with van der Waals surface area (Å²) in [5, 5.41) is 14.6. The van der Waals surface area contributed by atoms with Gasteiger partial charge in [-0.1, -0.05) is 62.0 Å². The summed E-state index contributed by atoms with van der Waals surface area (Å²) in [5.41, 5.74) is 0.991. The van der Waals surface area contributed by atoms with Crippen LogP contribution < -0.4 is 5.32 Å². The third-order valence-corrected chi connectivity index (χ3v) is 6.36. The molecule has 0 fully saturated rings. The van der Waals surface area contributed by atoms with E-state index in [9.17, 15) is 4.79 Å². The summed E-state index contributed by atoms with van der Waals surface area (Å²) >= 11 is 3.06. The van der Waals surface area contributed by atoms with Crippen molar-refractivity contribution in [1.82, 2.24) is 20.1 Å². The van der Waals surface area contributed by atoms with Gasteiger partial charge in [-0.25, -0.2) is 0 Å². The lowest BCUT2D eigenvalue weighted by Gasteiger charge is -2.21. The maximum atomic E-state index is 12.6. The van der Waals surface area contributed by atoms with Gasteiger partial charge in [-0.05, 0) is 17.4 Å². The Balaban J connectivity index is 1.69. The Bertz CT molecular complexity index is 895. The van der Waals surface area contributed by atoms with Crippen molar-refractivity contribution < 1.29 is 9.53 Å². The molecular formula is C21H26N4O2S2. The van der Waals surface area contributed by atoms with Gasteiger partial charge in [-0.2, -0.15) is 0 Å². The van der Waals surface area contributed by atoms with E-state index in [1.165, 1.54) is 16.6 Å². The van der Waals surface area contributed by atoms with Crippen molar-refractivity contribution in [2.24, 2.45) is 5.92 Å². The van der Waals surface area contributed by atoms with Crippen LogP contribution in [0.1, 0.15) is 24.8 Å². The largest absolute Gasteiger partial charge is 0.383 e. The molecule has 0 saturated carbocycles. The number of aromatic nitrogens is 3. The lowest BCUT2D eigenvalue weighted by Crippen LogP contribution is -2.32. The molecule has 0 bridgehead atoms. The van der Waals surface area contributed by atoms with E-state index in [0.29, 0.717) is 24.2 Å². The Kier molecular flexibility index (Phi) is 7.85. The van der Waals surface area contributed by atoms with E-state index in [0.717, 1.165) is 11.4 Å². The maximum absolute atomic E-state index is 12.6. The quantitative estimate of drug-likeness (QED) is 0.487. The van der Waals surface area contributed by atoms with Gasteiger partial charge in [0.05, 0.1) is 24.9 Å². The molecule has 154 valence electrons. The van der Waals surface area contributed by atoms with Crippen molar-refractivity contribution in [1.29, 1.82) is 0 Å². The second-order valence-electron chi connectivity index (χ2n) is 6.91. The number of rotatable bonds is 10. The van der Waals surface area contributed by atoms with E-state index in [2.05, 4.69) is 35.4 Å². The predicted molar refractivity (Wildman–Crippen MR) is 118 cm³/mol. The molecule has 0 spiro atoms. The van der Waals surface area contributed by atoms with Crippen molar-refractivity contribution in [2.75, 3.05) is 19.5 Å². The lowest BCUT2D eigenvalue weighted by atomic mass is 10.0. The third-order valence-electron chi connectivity index (χ3n) is 4.43. The molecule has 3 rings (SSSR count). The number of carbonyl (C=O) groups is 1. The van der Waals surface area contributed by atoms with E-state index >= 15 is 0 Å². The summed E-state index contributed by atoms with van der Waals surface area (Å²) in [7, 11) is 1.67. The number of hydrogen-bond donors (Lipinski definition) is 1. The number of hydrogen-bond acceptors (Lipinski definition) is 6. The number of ether oxygens (including phenoxy) is 1. The van der Waals surface area contributed by atoms with Gasteiger partial charge in [-0.15, -0.1) is 21.5 Å². The topological polar surface area (TPSA) is 69.0 Å². The van der Waals surface area contributed by atoms with Crippen LogP contribution in [0.25, 0.3) is 11.4 Å². The summed E-state index contributed by atoms with van der Waals surface area (Å²) in [6.45, 7) is 5.41. The van der Waals surface area contributed by atoms with Gasteiger partial charge in [0.2, 0.25) is 5.91 Å². The van der Waals surface area contributed by atoms with Gasteiger partial charge in [0.25, 0.3) is 0 Å². The van der Waals surface area contributed by atoms with Crippen LogP contribution in [0.2, 0.25) is 0 Å². The van der Waals surface area contributed by atoms with E-state index in [1.807, 2.05) is 46.3 Å². The van der Waals surface area contributed by atoms with Crippen LogP contribution in [0.3, 0.4) is 0 Å². The van der Waals surface area contributed by atoms with Crippen LogP contribution >= 0.6 is 23.1 Å². The number of benzene rings is 1. The summed E-state index contributed by atoms with van der Waals surface area (Å²) in [4.78, 5) is 13.8. The Morgan fingerprint density at radius 3 is 2.66 bits per heavy atom. The van der Waals surface area contributed by atoms with E-state index < -0.39 is 0 Å². The number of amides is 1. The van der Waals surface area contributed by atoms with Crippen molar-refractivity contribution in [3.8, 4) is 11.4 Å². The Morgan fingerprint density at radius 1 is 1.21 bits per heavy atom. The number of thiophene rings is 1. The Labute approximate surface area is 179 Å². The standard InChI is InChI=1S/C21H26N4O2S2/c1-15(2)19(17-10-7-13-28-17)22-18(26)14-29-21-24-23-20(25(21)11-12-27-3)16-8-5-4-6-9-16/h4-10,13,15,19H,11-12,14H2,1-3H3,(H,22,26). The highest BCUT2D eigenvalue weighted by Crippen LogP contribution is 2.27. The summed E-state index contributed by atoms with van der Waals surface area (Å²) in [5.74, 6) is 1.38. The van der Waals surface area contributed by atoms with Gasteiger partial charge in [0, 0.05) is 17.6 Å². The monoisotopic (exact) mass is 430 g/mol. The highest BCUT2D eigenvalue weighted by molar-refractivity contribution is 7.99. The van der Waals surface area contributed by atoms with Crippen LogP contribution in [0.5, 0.6) is 0 Å². The summed E-state index contributed by atoms with van der Waals surface area (Å²) in [6, 6.07) is 14.0. The molecule has 2 heterocycles. The normalized spacial score (nSPS) is 12.3. The molecule has 0 aliphatic rings. The van der Waals surface area contributed by atoms with Crippen LogP contribution in [-0.4, -0.2) is 40.1 Å². The van der Waals surface area contributed by atoms with Gasteiger partial charge in [0.1, 0.15) is 0 Å². The molecule has 0 aliphatic carbocycles. The van der Waals surface area contributed by atoms with Crippen molar-refractivity contribution >= 4 is 29.0 Å². The van der Waals surface area contributed by atoms with Crippen molar-refractivity contribution in [3.05, 3.63) is 52.7 Å². The minimum Gasteiger partial charge on any atom is -0.383 e. The molecule has 1 atom stereocenters. The van der Waals surface area contributed by atoms with Gasteiger partial charge in [0.15, 0.2) is 11.0 Å². The molecule has 0 radical (unpaired) electrons. The predicted octanol–water partition coefficient (Wildman–Crippen LogP) is 4.26. The maximum Gasteiger partial charge on any atom is 0.230 e. The molecule has 3 aromatic rings. The second kappa shape index (κ2) is 10.6. The average Bonchev–Trinajstić information content (AvgIpc) is 3.39. The molecule has 0 saturated heterocycles. The van der Waals surface area contributed by atoms with Crippen LogP contribution in [-0.2, 0) is 16.1 Å². The van der Waals surface area contributed by atoms with Crippen LogP contribution in [0.4, 0.5) is 0 Å². The van der Waals surface area contributed by atoms with Gasteiger partial charge in [-0.3, -0.25) is 9.36 Å². The number of nitrogens with one attached hydrogen (secondary N) is 1. The smallest absolute Gasteiger partial charge is 0.230 e. The zero-order valence-corrected chi connectivity index (χ0v) is 18.5. The number of thioether (sulfide) groups is 1. The first-order valence-electron chi connectivity index (χ1n) is 9.53. The van der Waals surface area contributed by atoms with Gasteiger partial charge < -0.3 is 10.1 Å². The molecule has 6 nitrogen and oxygen atoms in total. The van der Waals surface area contributed by atoms with Crippen molar-refractivity contribution in [3.63, 3.8) is 0 Å². The van der Waals surface area contributed by atoms with E-state index in [1.54, 1.807) is 18.4 Å². The molecule has 1 N–H and O–H groups in total. The number of nitrogens with zero attached hydrogens (tertiary/aromatic N) is 3. The summed E-state index contributed by atoms with van der Waals surface area (Å²) in [6.07, 6.45) is 0. The van der Waals surface area contributed by atoms with Crippen LogP contribution in [0, 0.1) is 5.92 Å². The fourth-order valence-corrected chi connectivity index (χ4v) is 4.68. The molecule has 1 unspecified atom stereocenters. The highest BCUT2D eigenvalue weighted by atomic mass is 32.2. The molecule has 8 heteroatoms. The first-order valence-corrected chi connectivity index (χ1v) is 11.4.